The Morgan fingerprint density at radius 1 is 1.44 bits per heavy atom. The van der Waals surface area contributed by atoms with Gasteiger partial charge in [0.25, 0.3) is 8.45 Å². The lowest BCUT2D eigenvalue weighted by Gasteiger charge is -2.35. The van der Waals surface area contributed by atoms with Crippen molar-refractivity contribution in [2.45, 2.75) is 0 Å². The highest BCUT2D eigenvalue weighted by atomic mass is 31.2. The van der Waals surface area contributed by atoms with Gasteiger partial charge in [-0.2, -0.15) is 0 Å². The van der Waals surface area contributed by atoms with Gasteiger partial charge in [-0.1, -0.05) is 18.2 Å². The van der Waals surface area contributed by atoms with Gasteiger partial charge in [0, 0.05) is 8.88 Å². The van der Waals surface area contributed by atoms with E-state index in [9.17, 15) is 0 Å². The second-order valence-electron chi connectivity index (χ2n) is 2.91. The maximum Gasteiger partial charge on any atom is 0.269 e. The first kappa shape index (κ1) is 12.6. The molecule has 0 amide bonds. The van der Waals surface area contributed by atoms with Crippen LogP contribution in [0.25, 0.3) is 0 Å². The van der Waals surface area contributed by atoms with Crippen LogP contribution in [0.2, 0.25) is 0 Å². The highest BCUT2D eigenvalue weighted by molar-refractivity contribution is 7.70. The number of nitrogens with two attached hydrogens (primary N) is 1. The number of nitrogens with one attached hydrogen (secondary N) is 1. The van der Waals surface area contributed by atoms with Gasteiger partial charge in [-0.05, 0) is 12.1 Å². The van der Waals surface area contributed by atoms with Crippen LogP contribution in [-0.2, 0) is 0 Å². The Morgan fingerprint density at radius 2 is 2.19 bits per heavy atom. The summed E-state index contributed by atoms with van der Waals surface area (Å²) in [5.74, 6) is 6.63. The lowest BCUT2D eigenvalue weighted by Crippen LogP contribution is -2.31. The van der Waals surface area contributed by atoms with Crippen molar-refractivity contribution in [3.8, 4) is 5.75 Å². The standard InChI is InChI=1S/C7H13N4O2P3/c8-11-15-10(6-12)14-9-16(11)13-7-4-2-1-3-5-7/h1-5,9,12,14-15H,6,8H2. The van der Waals surface area contributed by atoms with E-state index in [0.29, 0.717) is 8.88 Å². The zero-order chi connectivity index (χ0) is 11.4. The first-order chi connectivity index (χ1) is 7.79. The molecule has 1 aliphatic heterocycles. The predicted octanol–water partition coefficient (Wildman–Crippen LogP) is 1.34. The third-order valence-corrected chi connectivity index (χ3v) is 6.16. The van der Waals surface area contributed by atoms with Crippen LogP contribution < -0.4 is 15.2 Å². The minimum Gasteiger partial charge on any atom is -0.443 e. The zero-order valence-corrected chi connectivity index (χ0v) is 11.3. The molecule has 0 spiro atoms. The summed E-state index contributed by atoms with van der Waals surface area (Å²) in [6, 6.07) is 9.55. The Morgan fingerprint density at radius 3 is 2.81 bits per heavy atom. The van der Waals surface area contributed by atoms with Crippen molar-refractivity contribution >= 4 is 26.2 Å². The molecule has 9 heteroatoms. The lowest BCUT2D eigenvalue weighted by atomic mass is 10.3. The van der Waals surface area contributed by atoms with E-state index < -0.39 is 8.45 Å². The largest absolute Gasteiger partial charge is 0.443 e. The first-order valence-electron chi connectivity index (χ1n) is 4.53. The molecule has 0 radical (unpaired) electrons. The van der Waals surface area contributed by atoms with Gasteiger partial charge in [0.1, 0.15) is 12.5 Å². The minimum atomic E-state index is -1.01. The van der Waals surface area contributed by atoms with Gasteiger partial charge in [-0.3, -0.25) is 5.84 Å². The molecule has 2 rings (SSSR count). The van der Waals surface area contributed by atoms with E-state index in [1.165, 1.54) is 0 Å². The second kappa shape index (κ2) is 6.15. The Hall–Kier alpha value is 0.110. The van der Waals surface area contributed by atoms with Crippen molar-refractivity contribution in [2.24, 2.45) is 5.84 Å². The highest BCUT2D eigenvalue weighted by Crippen LogP contribution is 2.53. The molecule has 4 N–H and O–H groups in total. The Balaban J connectivity index is 1.92. The van der Waals surface area contributed by atoms with E-state index in [-0.39, 0.29) is 15.6 Å². The van der Waals surface area contributed by atoms with Gasteiger partial charge in [0.15, 0.2) is 0 Å². The average molecular weight is 278 g/mol. The molecule has 1 aliphatic rings. The molecule has 3 unspecified atom stereocenters. The van der Waals surface area contributed by atoms with E-state index >= 15 is 0 Å². The third kappa shape index (κ3) is 3.30. The number of rotatable bonds is 3. The molecule has 1 heterocycles. The zero-order valence-electron chi connectivity index (χ0n) is 8.37. The molecule has 0 bridgehead atoms. The van der Waals surface area contributed by atoms with Crippen LogP contribution in [0.15, 0.2) is 30.3 Å². The topological polar surface area (TPSA) is 74.0 Å². The fraction of sp³-hybridized carbons (Fsp3) is 0.143. The van der Waals surface area contributed by atoms with E-state index in [1.807, 2.05) is 34.8 Å². The molecule has 1 aromatic rings. The van der Waals surface area contributed by atoms with Gasteiger partial charge in [0.05, 0.1) is 8.88 Å². The lowest BCUT2D eigenvalue weighted by molar-refractivity contribution is 0.240. The Labute approximate surface area is 98.8 Å². The summed E-state index contributed by atoms with van der Waals surface area (Å²) in [4.78, 5) is 3.16. The maximum atomic E-state index is 8.97. The molecule has 3 atom stereocenters. The van der Waals surface area contributed by atoms with Crippen molar-refractivity contribution in [3.05, 3.63) is 30.3 Å². The van der Waals surface area contributed by atoms with E-state index in [0.717, 1.165) is 5.75 Å². The summed E-state index contributed by atoms with van der Waals surface area (Å²) >= 11 is 0. The molecule has 0 aromatic heterocycles. The second-order valence-corrected chi connectivity index (χ2v) is 7.78. The molecule has 0 saturated carbocycles. The van der Waals surface area contributed by atoms with Gasteiger partial charge >= 0.3 is 0 Å². The fourth-order valence-corrected chi connectivity index (χ4v) is 5.74. The smallest absolute Gasteiger partial charge is 0.269 e. The van der Waals surface area contributed by atoms with Crippen molar-refractivity contribution in [1.82, 2.24) is 13.8 Å². The molecule has 88 valence electrons. The van der Waals surface area contributed by atoms with E-state index in [4.69, 9.17) is 15.5 Å². The molecule has 1 aromatic carbocycles. The van der Waals surface area contributed by atoms with Crippen molar-refractivity contribution in [3.63, 3.8) is 0 Å². The van der Waals surface area contributed by atoms with Crippen LogP contribution in [0.1, 0.15) is 0 Å². The van der Waals surface area contributed by atoms with Crippen molar-refractivity contribution < 1.29 is 9.63 Å². The monoisotopic (exact) mass is 278 g/mol. The van der Waals surface area contributed by atoms with Crippen LogP contribution in [0.5, 0.6) is 5.75 Å². The Bertz CT molecular complexity index is 331. The van der Waals surface area contributed by atoms with Crippen molar-refractivity contribution in [2.75, 3.05) is 6.73 Å². The number of hydrogen-bond acceptors (Lipinski definition) is 6. The summed E-state index contributed by atoms with van der Waals surface area (Å²) < 4.78 is 9.13. The number of para-hydroxylation sites is 1. The fourth-order valence-electron chi connectivity index (χ4n) is 1.06. The number of aliphatic hydroxyl groups is 1. The van der Waals surface area contributed by atoms with E-state index in [1.54, 1.807) is 4.55 Å². The molecule has 16 heavy (non-hydrogen) atoms. The predicted molar refractivity (Wildman–Crippen MR) is 68.7 cm³/mol. The summed E-state index contributed by atoms with van der Waals surface area (Å²) in [5, 5.41) is 8.97. The van der Waals surface area contributed by atoms with Crippen LogP contribution in [-0.4, -0.2) is 20.8 Å². The quantitative estimate of drug-likeness (QED) is 0.572. The first-order valence-corrected chi connectivity index (χ1v) is 7.59. The summed E-state index contributed by atoms with van der Waals surface area (Å²) in [6.45, 7) is 0.00605. The normalized spacial score (nSPS) is 26.2. The minimum absolute atomic E-state index is 0.00605. The highest BCUT2D eigenvalue weighted by Gasteiger charge is 2.26. The molecule has 1 fully saturated rings. The summed E-state index contributed by atoms with van der Waals surface area (Å²) in [6.07, 6.45) is 0. The number of hydrogen-bond donors (Lipinski definition) is 3. The summed E-state index contributed by atoms with van der Waals surface area (Å²) in [5.41, 5.74) is 0. The van der Waals surface area contributed by atoms with Crippen molar-refractivity contribution in [1.29, 1.82) is 0 Å². The van der Waals surface area contributed by atoms with Crippen LogP contribution in [0.4, 0.5) is 0 Å². The molecular formula is C7H13N4O2P3. The molecule has 0 aliphatic carbocycles. The maximum absolute atomic E-state index is 8.97. The van der Waals surface area contributed by atoms with Gasteiger partial charge in [0.2, 0.25) is 0 Å². The van der Waals surface area contributed by atoms with Gasteiger partial charge < -0.3 is 9.63 Å². The Kier molecular flexibility index (Phi) is 4.83. The van der Waals surface area contributed by atoms with E-state index in [2.05, 4.69) is 4.86 Å². The van der Waals surface area contributed by atoms with Crippen LogP contribution >= 0.6 is 26.2 Å². The van der Waals surface area contributed by atoms with Gasteiger partial charge in [-0.15, -0.1) is 4.55 Å². The molecular weight excluding hydrogens is 265 g/mol. The van der Waals surface area contributed by atoms with Crippen LogP contribution in [0.3, 0.4) is 0 Å². The number of nitrogens with zero attached hydrogens (tertiary/aromatic N) is 2. The van der Waals surface area contributed by atoms with Crippen LogP contribution in [0, 0.1) is 0 Å². The van der Waals surface area contributed by atoms with Gasteiger partial charge in [-0.25, -0.2) is 9.30 Å². The third-order valence-electron chi connectivity index (χ3n) is 1.78. The summed E-state index contributed by atoms with van der Waals surface area (Å²) in [7, 11) is -0.423. The molecule has 6 nitrogen and oxygen atoms in total. The SMILES string of the molecule is NN1PN(CO)PNP1Oc1ccccc1. The average Bonchev–Trinajstić information content (AvgIpc) is 2.33. The number of benzene rings is 1. The number of hydrazine groups is 1. The molecule has 1 saturated heterocycles. The number of aliphatic hydroxyl groups excluding tert-OH is 1.